The maximum Gasteiger partial charge on any atom is 0.254 e. The fraction of sp³-hybridized carbons (Fsp3) is 0.542. The van der Waals surface area contributed by atoms with Crippen LogP contribution in [0.3, 0.4) is 0 Å². The number of nitrogens with one attached hydrogen (secondary N) is 1. The topological polar surface area (TPSA) is 62.3 Å². The van der Waals surface area contributed by atoms with Gasteiger partial charge in [0.15, 0.2) is 0 Å². The van der Waals surface area contributed by atoms with Gasteiger partial charge in [0.1, 0.15) is 0 Å². The lowest BCUT2D eigenvalue weighted by atomic mass is 9.95. The molecule has 1 unspecified atom stereocenters. The summed E-state index contributed by atoms with van der Waals surface area (Å²) in [5, 5.41) is 3.96. The van der Waals surface area contributed by atoms with Gasteiger partial charge in [-0.25, -0.2) is 0 Å². The number of nitrogens with zero attached hydrogens (tertiary/aromatic N) is 2. The van der Waals surface area contributed by atoms with Crippen LogP contribution in [0.5, 0.6) is 0 Å². The molecule has 29 heavy (non-hydrogen) atoms. The smallest absolute Gasteiger partial charge is 0.254 e. The number of fused-ring (bicyclic) bond motifs is 1. The monoisotopic (exact) mass is 395 g/mol. The summed E-state index contributed by atoms with van der Waals surface area (Å²) in [5.41, 5.74) is 3.48. The number of carbonyl (C=O) groups is 2. The fourth-order valence-corrected chi connectivity index (χ4v) is 4.10. The number of benzene rings is 1. The van der Waals surface area contributed by atoms with Crippen LogP contribution in [-0.4, -0.2) is 41.3 Å². The molecule has 1 atom stereocenters. The van der Waals surface area contributed by atoms with Crippen LogP contribution in [0.2, 0.25) is 0 Å². The van der Waals surface area contributed by atoms with Gasteiger partial charge in [0.25, 0.3) is 5.91 Å². The number of aromatic nitrogens is 1. The van der Waals surface area contributed by atoms with E-state index in [-0.39, 0.29) is 17.7 Å². The minimum Gasteiger partial charge on any atom is -0.356 e. The summed E-state index contributed by atoms with van der Waals surface area (Å²) >= 11 is 0. The third kappa shape index (κ3) is 5.34. The Hall–Kier alpha value is -2.43. The average Bonchev–Trinajstić information content (AvgIpc) is 2.72. The van der Waals surface area contributed by atoms with Gasteiger partial charge in [-0.2, -0.15) is 0 Å². The van der Waals surface area contributed by atoms with Crippen molar-refractivity contribution in [1.29, 1.82) is 0 Å². The van der Waals surface area contributed by atoms with Crippen LogP contribution in [0.1, 0.15) is 67.1 Å². The van der Waals surface area contributed by atoms with E-state index in [4.69, 9.17) is 0 Å². The van der Waals surface area contributed by atoms with Crippen LogP contribution < -0.4 is 5.32 Å². The van der Waals surface area contributed by atoms with Crippen molar-refractivity contribution in [2.45, 2.75) is 59.3 Å². The Labute approximate surface area is 173 Å². The number of piperidine rings is 1. The van der Waals surface area contributed by atoms with Crippen LogP contribution in [-0.2, 0) is 4.79 Å². The number of hydrogen-bond donors (Lipinski definition) is 1. The second kappa shape index (κ2) is 9.86. The van der Waals surface area contributed by atoms with Gasteiger partial charge in [0, 0.05) is 30.7 Å². The summed E-state index contributed by atoms with van der Waals surface area (Å²) in [4.78, 5) is 32.3. The highest BCUT2D eigenvalue weighted by molar-refractivity contribution is 6.06. The summed E-state index contributed by atoms with van der Waals surface area (Å²) < 4.78 is 0. The zero-order valence-electron chi connectivity index (χ0n) is 18.0. The summed E-state index contributed by atoms with van der Waals surface area (Å²) in [6.07, 6.45) is 6.29. The summed E-state index contributed by atoms with van der Waals surface area (Å²) in [7, 11) is 0. The maximum absolute atomic E-state index is 13.3. The summed E-state index contributed by atoms with van der Waals surface area (Å²) in [5.74, 6) is -0.0213. The van der Waals surface area contributed by atoms with E-state index in [9.17, 15) is 9.59 Å². The minimum atomic E-state index is -0.116. The normalized spacial score (nSPS) is 16.8. The van der Waals surface area contributed by atoms with Crippen LogP contribution in [0.4, 0.5) is 0 Å². The number of hydrogen-bond acceptors (Lipinski definition) is 3. The Morgan fingerprint density at radius 2 is 2.00 bits per heavy atom. The first-order chi connectivity index (χ1) is 14.0. The van der Waals surface area contributed by atoms with Crippen molar-refractivity contribution in [3.8, 4) is 0 Å². The maximum atomic E-state index is 13.3. The number of aryl methyl sites for hydroxylation is 2. The average molecular weight is 396 g/mol. The highest BCUT2D eigenvalue weighted by Crippen LogP contribution is 2.24. The molecule has 156 valence electrons. The van der Waals surface area contributed by atoms with Crippen molar-refractivity contribution >= 4 is 22.7 Å². The van der Waals surface area contributed by atoms with Crippen molar-refractivity contribution in [1.82, 2.24) is 15.2 Å². The predicted molar refractivity (Wildman–Crippen MR) is 117 cm³/mol. The number of likely N-dealkylation sites (tertiary alicyclic amines) is 1. The molecule has 1 aromatic heterocycles. The molecule has 2 aromatic rings. The van der Waals surface area contributed by atoms with E-state index in [2.05, 4.69) is 17.2 Å². The second-order valence-corrected chi connectivity index (χ2v) is 8.27. The van der Waals surface area contributed by atoms with E-state index >= 15 is 0 Å². The third-order valence-electron chi connectivity index (χ3n) is 5.73. The largest absolute Gasteiger partial charge is 0.356 e. The van der Waals surface area contributed by atoms with Crippen molar-refractivity contribution in [3.63, 3.8) is 0 Å². The van der Waals surface area contributed by atoms with Gasteiger partial charge in [0.05, 0.1) is 17.0 Å². The van der Waals surface area contributed by atoms with Gasteiger partial charge >= 0.3 is 0 Å². The van der Waals surface area contributed by atoms with Crippen molar-refractivity contribution in [2.75, 3.05) is 19.6 Å². The standard InChI is InChI=1S/C24H33N3O2/c1-4-5-6-7-12-25-23(28)19-9-8-13-27(16-19)24(29)21-15-18(3)26-22-11-10-17(2)14-20(21)22/h10-11,14-15,19H,4-9,12-13,16H2,1-3H3,(H,25,28). The number of carbonyl (C=O) groups excluding carboxylic acids is 2. The van der Waals surface area contributed by atoms with E-state index in [1.807, 2.05) is 43.0 Å². The molecule has 0 aliphatic carbocycles. The molecule has 0 spiro atoms. The van der Waals surface area contributed by atoms with Gasteiger partial charge in [0.2, 0.25) is 5.91 Å². The molecule has 0 radical (unpaired) electrons. The third-order valence-corrected chi connectivity index (χ3v) is 5.73. The van der Waals surface area contributed by atoms with Crippen molar-refractivity contribution in [2.24, 2.45) is 5.92 Å². The Balaban J connectivity index is 1.69. The molecule has 5 heteroatoms. The fourth-order valence-electron chi connectivity index (χ4n) is 4.10. The van der Waals surface area contributed by atoms with E-state index in [1.165, 1.54) is 12.8 Å². The van der Waals surface area contributed by atoms with Crippen molar-refractivity contribution < 1.29 is 9.59 Å². The Bertz CT molecular complexity index is 878. The van der Waals surface area contributed by atoms with Crippen LogP contribution >= 0.6 is 0 Å². The van der Waals surface area contributed by atoms with Crippen LogP contribution in [0.15, 0.2) is 24.3 Å². The van der Waals surface area contributed by atoms with Gasteiger partial charge in [-0.3, -0.25) is 14.6 Å². The van der Waals surface area contributed by atoms with Crippen LogP contribution in [0, 0.1) is 19.8 Å². The number of unbranched alkanes of at least 4 members (excludes halogenated alkanes) is 3. The number of rotatable bonds is 7. The Morgan fingerprint density at radius 3 is 2.79 bits per heavy atom. The molecule has 1 aromatic carbocycles. The molecule has 3 rings (SSSR count). The molecule has 1 aliphatic rings. The summed E-state index contributed by atoms with van der Waals surface area (Å²) in [6.45, 7) is 8.05. The van der Waals surface area contributed by atoms with E-state index < -0.39 is 0 Å². The van der Waals surface area contributed by atoms with E-state index in [1.54, 1.807) is 0 Å². The highest BCUT2D eigenvalue weighted by atomic mass is 16.2. The van der Waals surface area contributed by atoms with Crippen LogP contribution in [0.25, 0.3) is 10.9 Å². The highest BCUT2D eigenvalue weighted by Gasteiger charge is 2.29. The molecule has 5 nitrogen and oxygen atoms in total. The zero-order chi connectivity index (χ0) is 20.8. The Kier molecular flexibility index (Phi) is 7.24. The molecule has 1 fully saturated rings. The molecule has 0 saturated carbocycles. The van der Waals surface area contributed by atoms with Crippen molar-refractivity contribution in [3.05, 3.63) is 41.1 Å². The number of pyridine rings is 1. The second-order valence-electron chi connectivity index (χ2n) is 8.27. The lowest BCUT2D eigenvalue weighted by Crippen LogP contribution is -2.45. The first kappa shape index (κ1) is 21.3. The van der Waals surface area contributed by atoms with Gasteiger partial charge in [-0.15, -0.1) is 0 Å². The molecule has 2 heterocycles. The molecule has 1 aliphatic heterocycles. The first-order valence-corrected chi connectivity index (χ1v) is 10.9. The number of amides is 2. The van der Waals surface area contributed by atoms with E-state index in [0.29, 0.717) is 18.7 Å². The molecule has 0 bridgehead atoms. The van der Waals surface area contributed by atoms with Gasteiger partial charge in [-0.05, 0) is 51.3 Å². The molecule has 1 N–H and O–H groups in total. The van der Waals surface area contributed by atoms with E-state index in [0.717, 1.165) is 54.4 Å². The Morgan fingerprint density at radius 1 is 1.17 bits per heavy atom. The molecular formula is C24H33N3O2. The van der Waals surface area contributed by atoms with Gasteiger partial charge in [-0.1, -0.05) is 37.8 Å². The predicted octanol–water partition coefficient (Wildman–Crippen LogP) is 4.40. The SMILES string of the molecule is CCCCCCNC(=O)C1CCCN(C(=O)c2cc(C)nc3ccc(C)cc23)C1. The molecule has 1 saturated heterocycles. The zero-order valence-corrected chi connectivity index (χ0v) is 18.0. The lowest BCUT2D eigenvalue weighted by Gasteiger charge is -2.32. The molecule has 2 amide bonds. The molecular weight excluding hydrogens is 362 g/mol. The lowest BCUT2D eigenvalue weighted by molar-refractivity contribution is -0.126. The minimum absolute atomic E-state index is 0.00606. The summed E-state index contributed by atoms with van der Waals surface area (Å²) in [6, 6.07) is 7.89. The quantitative estimate of drug-likeness (QED) is 0.707. The van der Waals surface area contributed by atoms with Gasteiger partial charge < -0.3 is 10.2 Å². The first-order valence-electron chi connectivity index (χ1n) is 10.9.